The highest BCUT2D eigenvalue weighted by Gasteiger charge is 2.39. The minimum atomic E-state index is -1.54. The van der Waals surface area contributed by atoms with Gasteiger partial charge in [-0.3, -0.25) is 9.69 Å². The van der Waals surface area contributed by atoms with Crippen molar-refractivity contribution in [2.75, 3.05) is 26.2 Å². The number of aldehydes is 1. The van der Waals surface area contributed by atoms with Crippen LogP contribution in [0.25, 0.3) is 0 Å². The summed E-state index contributed by atoms with van der Waals surface area (Å²) in [7, 11) is 0. The molecule has 1 saturated heterocycles. The number of carbonyl (C=O) groups is 1. The van der Waals surface area contributed by atoms with Crippen LogP contribution in [0.3, 0.4) is 0 Å². The molecule has 4 aromatic carbocycles. The highest BCUT2D eigenvalue weighted by molar-refractivity contribution is 7.93. The smallest absolute Gasteiger partial charge is 0.226 e. The Morgan fingerprint density at radius 3 is 1.44 bits per heavy atom. The summed E-state index contributed by atoms with van der Waals surface area (Å²) in [4.78, 5) is 16.7. The zero-order valence-corrected chi connectivity index (χ0v) is 22.2. The Balaban J connectivity index is 1.37. The lowest BCUT2D eigenvalue weighted by molar-refractivity contribution is -0.110. The number of rotatable bonds is 9. The van der Waals surface area contributed by atoms with Gasteiger partial charge >= 0.3 is 0 Å². The van der Waals surface area contributed by atoms with E-state index in [1.165, 1.54) is 24.3 Å². The molecule has 5 rings (SSSR count). The maximum Gasteiger partial charge on any atom is 0.226 e. The predicted molar refractivity (Wildman–Crippen MR) is 151 cm³/mol. The number of carbonyl (C=O) groups excluding carboxylic acids is 1. The van der Waals surface area contributed by atoms with E-state index in [4.69, 9.17) is 0 Å². The van der Waals surface area contributed by atoms with Crippen LogP contribution in [0.1, 0.15) is 33.5 Å². The topological polar surface area (TPSA) is 46.6 Å². The number of nitrogens with zero attached hydrogens (tertiary/aromatic N) is 2. The van der Waals surface area contributed by atoms with E-state index in [1.54, 1.807) is 24.3 Å². The summed E-state index contributed by atoms with van der Waals surface area (Å²) in [6.45, 7) is 2.26. The molecule has 4 nitrogen and oxygen atoms in total. The number of halogens is 2. The summed E-state index contributed by atoms with van der Waals surface area (Å²) in [5.74, 6) is -0.631. The summed E-state index contributed by atoms with van der Waals surface area (Å²) < 4.78 is 41.4. The van der Waals surface area contributed by atoms with Crippen LogP contribution in [0.2, 0.25) is 0 Å². The van der Waals surface area contributed by atoms with Gasteiger partial charge < -0.3 is 4.55 Å². The van der Waals surface area contributed by atoms with Gasteiger partial charge in [0.2, 0.25) is 5.37 Å². The van der Waals surface area contributed by atoms with Crippen molar-refractivity contribution in [1.82, 2.24) is 9.80 Å². The second-order valence-electron chi connectivity index (χ2n) is 9.63. The van der Waals surface area contributed by atoms with Crippen LogP contribution in [0.5, 0.6) is 0 Å². The molecule has 4 aromatic rings. The molecular weight excluding hydrogens is 514 g/mol. The van der Waals surface area contributed by atoms with Crippen molar-refractivity contribution in [2.24, 2.45) is 0 Å². The average molecular weight is 545 g/mol. The van der Waals surface area contributed by atoms with Gasteiger partial charge in [-0.15, -0.1) is 0 Å². The van der Waals surface area contributed by atoms with Crippen molar-refractivity contribution in [2.45, 2.75) is 16.7 Å². The van der Waals surface area contributed by atoms with Gasteiger partial charge in [0.05, 0.1) is 6.04 Å². The van der Waals surface area contributed by atoms with Crippen molar-refractivity contribution >= 4 is 17.5 Å². The maximum atomic E-state index is 14.1. The van der Waals surface area contributed by atoms with Crippen LogP contribution in [0.4, 0.5) is 8.78 Å². The fraction of sp³-hybridized carbons (Fsp3) is 0.219. The van der Waals surface area contributed by atoms with Gasteiger partial charge in [0.15, 0.2) is 11.5 Å². The lowest BCUT2D eigenvalue weighted by Crippen LogP contribution is -2.54. The van der Waals surface area contributed by atoms with Crippen LogP contribution in [0.15, 0.2) is 109 Å². The largest absolute Gasteiger partial charge is 0.614 e. The number of piperazine rings is 1. The van der Waals surface area contributed by atoms with E-state index >= 15 is 0 Å². The standard InChI is InChI=1S/C32H30F2N2O2S/c33-28-15-11-24(12-16-28)31(25-13-17-29(34)18-14-25)36-21-19-35(20-22-36)30(23-37)39(38)32(26-7-3-1-4-8-26)27-9-5-2-6-10-27/h1-18,23,30-32H,19-22H2. The summed E-state index contributed by atoms with van der Waals surface area (Å²) in [6.07, 6.45) is 0.808. The van der Waals surface area contributed by atoms with E-state index in [0.717, 1.165) is 28.5 Å². The van der Waals surface area contributed by atoms with Gasteiger partial charge in [-0.05, 0) is 46.6 Å². The van der Waals surface area contributed by atoms with Crippen molar-refractivity contribution in [3.8, 4) is 0 Å². The van der Waals surface area contributed by atoms with E-state index in [1.807, 2.05) is 65.6 Å². The van der Waals surface area contributed by atoms with Gasteiger partial charge in [-0.1, -0.05) is 84.9 Å². The Hall–Kier alpha value is -3.36. The van der Waals surface area contributed by atoms with Crippen LogP contribution in [-0.2, 0) is 16.0 Å². The third kappa shape index (κ3) is 6.28. The lowest BCUT2D eigenvalue weighted by Gasteiger charge is -2.42. The molecule has 0 aliphatic carbocycles. The Labute approximate surface area is 231 Å². The Morgan fingerprint density at radius 1 is 0.615 bits per heavy atom. The molecule has 1 heterocycles. The van der Waals surface area contributed by atoms with E-state index in [2.05, 4.69) is 4.90 Å². The second kappa shape index (κ2) is 12.7. The SMILES string of the molecule is O=CC(N1CCN(C(c2ccc(F)cc2)c2ccc(F)cc2)CC1)[S+]([O-])C(c1ccccc1)c1ccccc1. The molecule has 1 aliphatic heterocycles. The third-order valence-corrected chi connectivity index (χ3v) is 9.13. The van der Waals surface area contributed by atoms with Gasteiger partial charge in [0.1, 0.15) is 11.6 Å². The Morgan fingerprint density at radius 2 is 1.03 bits per heavy atom. The quantitative estimate of drug-likeness (QED) is 0.199. The summed E-state index contributed by atoms with van der Waals surface area (Å²) in [6, 6.07) is 31.9. The van der Waals surface area contributed by atoms with Crippen molar-refractivity contribution in [3.63, 3.8) is 0 Å². The molecule has 1 aliphatic rings. The zero-order valence-electron chi connectivity index (χ0n) is 21.4. The van der Waals surface area contributed by atoms with Gasteiger partial charge in [0, 0.05) is 37.3 Å². The highest BCUT2D eigenvalue weighted by atomic mass is 32.2. The number of benzene rings is 4. The van der Waals surface area contributed by atoms with E-state index in [0.29, 0.717) is 26.2 Å². The first-order valence-electron chi connectivity index (χ1n) is 13.0. The predicted octanol–water partition coefficient (Wildman–Crippen LogP) is 5.74. The minimum Gasteiger partial charge on any atom is -0.614 e. The monoisotopic (exact) mass is 544 g/mol. The van der Waals surface area contributed by atoms with Gasteiger partial charge in [-0.2, -0.15) is 0 Å². The van der Waals surface area contributed by atoms with Crippen molar-refractivity contribution in [1.29, 1.82) is 0 Å². The average Bonchev–Trinajstić information content (AvgIpc) is 2.98. The third-order valence-electron chi connectivity index (χ3n) is 7.24. The molecule has 2 atom stereocenters. The molecule has 0 saturated carbocycles. The van der Waals surface area contributed by atoms with Crippen LogP contribution >= 0.6 is 0 Å². The molecule has 1 fully saturated rings. The number of hydrogen-bond donors (Lipinski definition) is 0. The van der Waals surface area contributed by atoms with Crippen LogP contribution in [0, 0.1) is 11.6 Å². The lowest BCUT2D eigenvalue weighted by atomic mass is 9.96. The minimum absolute atomic E-state index is 0.199. The molecule has 0 radical (unpaired) electrons. The molecule has 0 bridgehead atoms. The highest BCUT2D eigenvalue weighted by Crippen LogP contribution is 2.35. The van der Waals surface area contributed by atoms with Gasteiger partial charge in [-0.25, -0.2) is 13.7 Å². The van der Waals surface area contributed by atoms with Crippen molar-refractivity contribution < 1.29 is 18.1 Å². The van der Waals surface area contributed by atoms with Crippen LogP contribution < -0.4 is 0 Å². The molecule has 39 heavy (non-hydrogen) atoms. The maximum absolute atomic E-state index is 14.1. The molecule has 0 spiro atoms. The molecule has 2 unspecified atom stereocenters. The fourth-order valence-electron chi connectivity index (χ4n) is 5.30. The molecule has 0 N–H and O–H groups in total. The molecule has 200 valence electrons. The Kier molecular flexibility index (Phi) is 8.84. The zero-order chi connectivity index (χ0) is 27.2. The van der Waals surface area contributed by atoms with E-state index in [-0.39, 0.29) is 17.7 Å². The molecule has 0 amide bonds. The summed E-state index contributed by atoms with van der Waals surface area (Å²) in [5, 5.41) is -1.21. The first kappa shape index (κ1) is 27.2. The molecule has 7 heteroatoms. The molecular formula is C32H30F2N2O2S. The van der Waals surface area contributed by atoms with Crippen LogP contribution in [-0.4, -0.2) is 52.2 Å². The summed E-state index contributed by atoms with van der Waals surface area (Å²) in [5.41, 5.74) is 3.61. The normalized spacial score (nSPS) is 16.3. The first-order chi connectivity index (χ1) is 19.0. The van der Waals surface area contributed by atoms with E-state index < -0.39 is 21.8 Å². The summed E-state index contributed by atoms with van der Waals surface area (Å²) >= 11 is -1.54. The molecule has 0 aromatic heterocycles. The van der Waals surface area contributed by atoms with Gasteiger partial charge in [0.25, 0.3) is 0 Å². The van der Waals surface area contributed by atoms with E-state index in [9.17, 15) is 18.1 Å². The first-order valence-corrected chi connectivity index (χ1v) is 14.3. The second-order valence-corrected chi connectivity index (χ2v) is 11.2. The Bertz CT molecular complexity index is 1250. The van der Waals surface area contributed by atoms with Crippen molar-refractivity contribution in [3.05, 3.63) is 143 Å². The fourth-order valence-corrected chi connectivity index (χ4v) is 7.04. The number of hydrogen-bond acceptors (Lipinski definition) is 4.